The maximum atomic E-state index is 12.3. The number of nitrogens with zero attached hydrogens (tertiary/aromatic N) is 1. The molecule has 0 fully saturated rings. The molecule has 0 aliphatic carbocycles. The summed E-state index contributed by atoms with van der Waals surface area (Å²) >= 11 is 0. The highest BCUT2D eigenvalue weighted by atomic mass is 16.4. The van der Waals surface area contributed by atoms with E-state index in [-0.39, 0.29) is 23.2 Å². The second-order valence-corrected chi connectivity index (χ2v) is 6.27. The largest absolute Gasteiger partial charge is 0.478 e. The summed E-state index contributed by atoms with van der Waals surface area (Å²) < 4.78 is 6.17. The normalized spacial score (nSPS) is 11.0. The van der Waals surface area contributed by atoms with E-state index in [1.54, 1.807) is 12.1 Å². The van der Waals surface area contributed by atoms with E-state index >= 15 is 0 Å². The van der Waals surface area contributed by atoms with Gasteiger partial charge in [-0.25, -0.2) is 9.59 Å². The van der Waals surface area contributed by atoms with Crippen molar-refractivity contribution in [3.05, 3.63) is 64.1 Å². The summed E-state index contributed by atoms with van der Waals surface area (Å²) in [4.78, 5) is 35.4. The molecule has 0 aliphatic heterocycles. The number of carboxylic acid groups (broad SMARTS) is 1. The topological polar surface area (TPSA) is 102 Å². The fourth-order valence-electron chi connectivity index (χ4n) is 2.64. The van der Waals surface area contributed by atoms with Crippen molar-refractivity contribution >= 4 is 28.7 Å². The lowest BCUT2D eigenvalue weighted by Crippen LogP contribution is -2.24. The van der Waals surface area contributed by atoms with Gasteiger partial charge in [0.15, 0.2) is 5.58 Å². The lowest BCUT2D eigenvalue weighted by atomic mass is 10.0. The Morgan fingerprint density at radius 3 is 2.46 bits per heavy atom. The molecule has 134 valence electrons. The van der Waals surface area contributed by atoms with Gasteiger partial charge >= 0.3 is 11.7 Å². The van der Waals surface area contributed by atoms with Crippen LogP contribution in [0.4, 0.5) is 5.69 Å². The molecular formula is C19H18N2O5. The number of oxazole rings is 1. The van der Waals surface area contributed by atoms with E-state index in [1.165, 1.54) is 18.2 Å². The number of carbonyl (C=O) groups excluding carboxylic acids is 1. The van der Waals surface area contributed by atoms with Gasteiger partial charge in [-0.3, -0.25) is 9.36 Å². The van der Waals surface area contributed by atoms with Gasteiger partial charge in [-0.05, 0) is 41.8 Å². The van der Waals surface area contributed by atoms with Crippen LogP contribution >= 0.6 is 0 Å². The molecule has 0 atom stereocenters. The van der Waals surface area contributed by atoms with Crippen molar-refractivity contribution < 1.29 is 19.1 Å². The number of amides is 1. The number of carboxylic acids is 1. The summed E-state index contributed by atoms with van der Waals surface area (Å²) in [6.45, 7) is 3.88. The van der Waals surface area contributed by atoms with Crippen LogP contribution in [0.25, 0.3) is 11.1 Å². The molecule has 1 amide bonds. The maximum absolute atomic E-state index is 12.3. The minimum Gasteiger partial charge on any atom is -0.478 e. The SMILES string of the molecule is CC(C)c1ccc(NC(=O)Cn2c(=O)oc3ccc(C(=O)O)cc32)cc1. The summed E-state index contributed by atoms with van der Waals surface area (Å²) in [7, 11) is 0. The Morgan fingerprint density at radius 2 is 1.85 bits per heavy atom. The molecular weight excluding hydrogens is 336 g/mol. The number of fused-ring (bicyclic) bond motifs is 1. The summed E-state index contributed by atoms with van der Waals surface area (Å²) in [5, 5.41) is 11.8. The van der Waals surface area contributed by atoms with Gasteiger partial charge in [0.1, 0.15) is 6.54 Å². The minimum atomic E-state index is -1.12. The van der Waals surface area contributed by atoms with E-state index in [0.717, 1.165) is 10.1 Å². The highest BCUT2D eigenvalue weighted by molar-refractivity contribution is 5.93. The molecule has 1 aromatic heterocycles. The first kappa shape index (κ1) is 17.5. The molecule has 0 radical (unpaired) electrons. The smallest absolute Gasteiger partial charge is 0.420 e. The molecule has 0 saturated heterocycles. The highest BCUT2D eigenvalue weighted by Gasteiger charge is 2.15. The molecule has 2 aromatic carbocycles. The van der Waals surface area contributed by atoms with Crippen molar-refractivity contribution in [3.8, 4) is 0 Å². The van der Waals surface area contributed by atoms with Crippen molar-refractivity contribution in [3.63, 3.8) is 0 Å². The first-order chi connectivity index (χ1) is 12.3. The molecule has 0 unspecified atom stereocenters. The van der Waals surface area contributed by atoms with E-state index in [2.05, 4.69) is 19.2 Å². The molecule has 7 nitrogen and oxygen atoms in total. The van der Waals surface area contributed by atoms with Crippen molar-refractivity contribution in [1.82, 2.24) is 4.57 Å². The maximum Gasteiger partial charge on any atom is 0.420 e. The van der Waals surface area contributed by atoms with E-state index in [9.17, 15) is 14.4 Å². The number of aromatic nitrogens is 1. The van der Waals surface area contributed by atoms with E-state index in [0.29, 0.717) is 11.6 Å². The lowest BCUT2D eigenvalue weighted by molar-refractivity contribution is -0.116. The predicted octanol–water partition coefficient (Wildman–Crippen LogP) is 3.05. The molecule has 3 rings (SSSR count). The first-order valence-electron chi connectivity index (χ1n) is 8.11. The van der Waals surface area contributed by atoms with Crippen molar-refractivity contribution in [2.24, 2.45) is 0 Å². The number of anilines is 1. The standard InChI is InChI=1S/C19H18N2O5/c1-11(2)12-3-6-14(7-4-12)20-17(22)10-21-15-9-13(18(23)24)5-8-16(15)26-19(21)25/h3-9,11H,10H2,1-2H3,(H,20,22)(H,23,24). The monoisotopic (exact) mass is 354 g/mol. The summed E-state index contributed by atoms with van der Waals surface area (Å²) in [6.07, 6.45) is 0. The van der Waals surface area contributed by atoms with Gasteiger partial charge in [0.25, 0.3) is 0 Å². The third-order valence-corrected chi connectivity index (χ3v) is 4.08. The molecule has 0 spiro atoms. The number of hydrogen-bond donors (Lipinski definition) is 2. The molecule has 7 heteroatoms. The van der Waals surface area contributed by atoms with Crippen LogP contribution in [0.2, 0.25) is 0 Å². The minimum absolute atomic E-state index is 0.0109. The Hall–Kier alpha value is -3.35. The van der Waals surface area contributed by atoms with E-state index < -0.39 is 17.6 Å². The van der Waals surface area contributed by atoms with Crippen LogP contribution < -0.4 is 11.1 Å². The number of nitrogens with one attached hydrogen (secondary N) is 1. The number of rotatable bonds is 5. The third-order valence-electron chi connectivity index (χ3n) is 4.08. The molecule has 0 saturated carbocycles. The van der Waals surface area contributed by atoms with Crippen molar-refractivity contribution in [2.45, 2.75) is 26.3 Å². The molecule has 0 aliphatic rings. The van der Waals surface area contributed by atoms with Crippen LogP contribution in [-0.2, 0) is 11.3 Å². The van der Waals surface area contributed by atoms with E-state index in [4.69, 9.17) is 9.52 Å². The summed E-state index contributed by atoms with van der Waals surface area (Å²) in [6, 6.07) is 11.5. The van der Waals surface area contributed by atoms with Crippen LogP contribution in [0.15, 0.2) is 51.7 Å². The zero-order valence-corrected chi connectivity index (χ0v) is 14.4. The van der Waals surface area contributed by atoms with Crippen LogP contribution in [0.5, 0.6) is 0 Å². The Kier molecular flexibility index (Phi) is 4.62. The molecule has 2 N–H and O–H groups in total. The van der Waals surface area contributed by atoms with Crippen LogP contribution in [-0.4, -0.2) is 21.6 Å². The van der Waals surface area contributed by atoms with Gasteiger partial charge in [-0.15, -0.1) is 0 Å². The van der Waals surface area contributed by atoms with Gasteiger partial charge in [0, 0.05) is 5.69 Å². The summed E-state index contributed by atoms with van der Waals surface area (Å²) in [5.74, 6) is -1.86. The number of carbonyl (C=O) groups is 2. The van der Waals surface area contributed by atoms with Crippen LogP contribution in [0, 0.1) is 0 Å². The van der Waals surface area contributed by atoms with Gasteiger partial charge in [0.05, 0.1) is 11.1 Å². The Balaban J connectivity index is 1.82. The quantitative estimate of drug-likeness (QED) is 0.733. The molecule has 3 aromatic rings. The Bertz CT molecular complexity index is 1030. The highest BCUT2D eigenvalue weighted by Crippen LogP contribution is 2.18. The van der Waals surface area contributed by atoms with Gasteiger partial charge in [0.2, 0.25) is 5.91 Å². The molecule has 0 bridgehead atoms. The van der Waals surface area contributed by atoms with Crippen molar-refractivity contribution in [2.75, 3.05) is 5.32 Å². The average Bonchev–Trinajstić information content (AvgIpc) is 2.90. The van der Waals surface area contributed by atoms with E-state index in [1.807, 2.05) is 12.1 Å². The Morgan fingerprint density at radius 1 is 1.15 bits per heavy atom. The second kappa shape index (κ2) is 6.87. The van der Waals surface area contributed by atoms with Gasteiger partial charge < -0.3 is 14.8 Å². The van der Waals surface area contributed by atoms with Crippen LogP contribution in [0.1, 0.15) is 35.7 Å². The average molecular weight is 354 g/mol. The third kappa shape index (κ3) is 3.51. The number of hydrogen-bond acceptors (Lipinski definition) is 4. The number of aromatic carboxylic acids is 1. The fourth-order valence-corrected chi connectivity index (χ4v) is 2.64. The molecule has 1 heterocycles. The Labute approximate surface area is 148 Å². The zero-order valence-electron chi connectivity index (χ0n) is 14.4. The van der Waals surface area contributed by atoms with Crippen LogP contribution in [0.3, 0.4) is 0 Å². The first-order valence-corrected chi connectivity index (χ1v) is 8.11. The van der Waals surface area contributed by atoms with Crippen molar-refractivity contribution in [1.29, 1.82) is 0 Å². The molecule has 26 heavy (non-hydrogen) atoms. The lowest BCUT2D eigenvalue weighted by Gasteiger charge is -2.09. The fraction of sp³-hybridized carbons (Fsp3) is 0.211. The van der Waals surface area contributed by atoms with Gasteiger partial charge in [-0.2, -0.15) is 0 Å². The number of benzene rings is 2. The predicted molar refractivity (Wildman–Crippen MR) is 96.6 cm³/mol. The summed E-state index contributed by atoms with van der Waals surface area (Å²) in [5.41, 5.74) is 2.28. The second-order valence-electron chi connectivity index (χ2n) is 6.27. The zero-order chi connectivity index (χ0) is 18.8. The van der Waals surface area contributed by atoms with Gasteiger partial charge in [-0.1, -0.05) is 26.0 Å².